The third-order valence-corrected chi connectivity index (χ3v) is 5.02. The topological polar surface area (TPSA) is 52.3 Å². The Labute approximate surface area is 132 Å². The fourth-order valence-electron chi connectivity index (χ4n) is 3.53. The van der Waals surface area contributed by atoms with Crippen LogP contribution in [-0.4, -0.2) is 12.6 Å². The Balaban J connectivity index is 1.90. The molecule has 0 spiro atoms. The molecule has 2 N–H and O–H groups in total. The van der Waals surface area contributed by atoms with Crippen molar-refractivity contribution in [3.63, 3.8) is 0 Å². The molecular weight excluding hydrogens is 274 g/mol. The molecule has 22 heavy (non-hydrogen) atoms. The zero-order valence-electron chi connectivity index (χ0n) is 13.7. The number of anilines is 1. The molecule has 3 nitrogen and oxygen atoms in total. The van der Waals surface area contributed by atoms with E-state index in [0.717, 1.165) is 30.0 Å². The summed E-state index contributed by atoms with van der Waals surface area (Å²) in [7, 11) is 0. The fraction of sp³-hybridized carbons (Fsp3) is 0.526. The molecular formula is C19H25NO2. The molecule has 1 aromatic carbocycles. The van der Waals surface area contributed by atoms with Gasteiger partial charge in [-0.1, -0.05) is 11.6 Å². The van der Waals surface area contributed by atoms with E-state index in [1.807, 2.05) is 6.92 Å². The maximum absolute atomic E-state index is 12.0. The summed E-state index contributed by atoms with van der Waals surface area (Å²) in [6, 6.07) is 2.06. The molecule has 0 radical (unpaired) electrons. The van der Waals surface area contributed by atoms with Crippen molar-refractivity contribution in [2.45, 2.75) is 46.5 Å². The maximum Gasteiger partial charge on any atom is 0.309 e. The van der Waals surface area contributed by atoms with Crippen LogP contribution in [0, 0.1) is 18.8 Å². The largest absolute Gasteiger partial charge is 0.466 e. The minimum atomic E-state index is -0.0806. The van der Waals surface area contributed by atoms with Gasteiger partial charge in [-0.25, -0.2) is 0 Å². The van der Waals surface area contributed by atoms with Crippen molar-refractivity contribution in [3.05, 3.63) is 33.9 Å². The highest BCUT2D eigenvalue weighted by Gasteiger charge is 2.31. The van der Waals surface area contributed by atoms with Crippen LogP contribution in [0.25, 0.3) is 6.08 Å². The van der Waals surface area contributed by atoms with E-state index in [2.05, 4.69) is 26.0 Å². The van der Waals surface area contributed by atoms with E-state index in [9.17, 15) is 4.79 Å². The number of nitrogen functional groups attached to an aromatic ring is 1. The fourth-order valence-corrected chi connectivity index (χ4v) is 3.53. The van der Waals surface area contributed by atoms with Crippen molar-refractivity contribution in [2.24, 2.45) is 11.8 Å². The Morgan fingerprint density at radius 1 is 1.36 bits per heavy atom. The zero-order chi connectivity index (χ0) is 15.9. The number of ether oxygens (including phenoxy) is 1. The van der Waals surface area contributed by atoms with E-state index in [-0.39, 0.29) is 11.9 Å². The van der Waals surface area contributed by atoms with Gasteiger partial charge in [0.2, 0.25) is 0 Å². The molecule has 3 heteroatoms. The van der Waals surface area contributed by atoms with Crippen molar-refractivity contribution < 1.29 is 9.53 Å². The number of carbonyl (C=O) groups excluding carboxylic acids is 1. The Kier molecular flexibility index (Phi) is 3.98. The van der Waals surface area contributed by atoms with Crippen molar-refractivity contribution in [3.8, 4) is 0 Å². The first-order chi connectivity index (χ1) is 10.5. The second-order valence-corrected chi connectivity index (χ2v) is 6.66. The molecule has 0 bridgehead atoms. The zero-order valence-corrected chi connectivity index (χ0v) is 13.7. The molecule has 0 aliphatic heterocycles. The lowest BCUT2D eigenvalue weighted by Gasteiger charge is -2.12. The molecule has 0 amide bonds. The van der Waals surface area contributed by atoms with Gasteiger partial charge in [-0.2, -0.15) is 0 Å². The van der Waals surface area contributed by atoms with Gasteiger partial charge in [-0.15, -0.1) is 0 Å². The standard InChI is InChI=1S/C19H25NO2/c1-4-22-19(21)15-8-14-10-18(20)17(12(3)16(14)9-15)7-11(2)13-5-6-13/h7,10,13,15H,4-6,8-9,20H2,1-3H3/b11-7+. The quantitative estimate of drug-likeness (QED) is 0.682. The number of benzene rings is 1. The lowest BCUT2D eigenvalue weighted by Crippen LogP contribution is -2.17. The SMILES string of the molecule is CCOC(=O)C1Cc2cc(N)c(/C=C(\C)C3CC3)c(C)c2C1. The monoisotopic (exact) mass is 299 g/mol. The summed E-state index contributed by atoms with van der Waals surface area (Å²) in [5, 5.41) is 0. The van der Waals surface area contributed by atoms with Gasteiger partial charge in [0.05, 0.1) is 12.5 Å². The molecule has 1 saturated carbocycles. The summed E-state index contributed by atoms with van der Waals surface area (Å²) in [6.07, 6.45) is 6.39. The van der Waals surface area contributed by atoms with Gasteiger partial charge in [0.1, 0.15) is 0 Å². The minimum Gasteiger partial charge on any atom is -0.466 e. The normalized spacial score (nSPS) is 20.9. The molecule has 0 saturated heterocycles. The molecule has 2 aliphatic carbocycles. The highest BCUT2D eigenvalue weighted by Crippen LogP contribution is 2.40. The van der Waals surface area contributed by atoms with Crippen molar-refractivity contribution in [2.75, 3.05) is 12.3 Å². The number of hydrogen-bond acceptors (Lipinski definition) is 3. The molecule has 0 aromatic heterocycles. The van der Waals surface area contributed by atoms with Gasteiger partial charge in [-0.3, -0.25) is 4.79 Å². The van der Waals surface area contributed by atoms with Gasteiger partial charge < -0.3 is 10.5 Å². The van der Waals surface area contributed by atoms with E-state index in [1.54, 1.807) is 0 Å². The summed E-state index contributed by atoms with van der Waals surface area (Å²) in [4.78, 5) is 12.0. The Morgan fingerprint density at radius 3 is 2.73 bits per heavy atom. The predicted octanol–water partition coefficient (Wildman–Crippen LogP) is 3.67. The molecule has 1 aromatic rings. The summed E-state index contributed by atoms with van der Waals surface area (Å²) < 4.78 is 5.18. The van der Waals surface area contributed by atoms with Crippen LogP contribution in [0.1, 0.15) is 48.9 Å². The van der Waals surface area contributed by atoms with E-state index in [1.165, 1.54) is 35.1 Å². The van der Waals surface area contributed by atoms with Crippen LogP contribution in [0.3, 0.4) is 0 Å². The summed E-state index contributed by atoms with van der Waals surface area (Å²) in [5.74, 6) is 0.624. The van der Waals surface area contributed by atoms with E-state index in [0.29, 0.717) is 6.61 Å². The first-order valence-electron chi connectivity index (χ1n) is 8.26. The Morgan fingerprint density at radius 2 is 2.09 bits per heavy atom. The van der Waals surface area contributed by atoms with Crippen LogP contribution >= 0.6 is 0 Å². The number of nitrogens with two attached hydrogens (primary N) is 1. The first-order valence-corrected chi connectivity index (χ1v) is 8.26. The van der Waals surface area contributed by atoms with Gasteiger partial charge in [-0.05, 0) is 75.1 Å². The van der Waals surface area contributed by atoms with Crippen LogP contribution in [0.2, 0.25) is 0 Å². The molecule has 1 fully saturated rings. The van der Waals surface area contributed by atoms with Crippen LogP contribution in [-0.2, 0) is 22.4 Å². The summed E-state index contributed by atoms with van der Waals surface area (Å²) in [5.41, 5.74) is 13.4. The Bertz CT molecular complexity index is 641. The molecule has 1 atom stereocenters. The van der Waals surface area contributed by atoms with Gasteiger partial charge >= 0.3 is 5.97 Å². The number of allylic oxidation sites excluding steroid dienone is 1. The first kappa shape index (κ1) is 15.1. The van der Waals surface area contributed by atoms with Crippen molar-refractivity contribution in [1.29, 1.82) is 0 Å². The van der Waals surface area contributed by atoms with Crippen molar-refractivity contribution in [1.82, 2.24) is 0 Å². The highest BCUT2D eigenvalue weighted by atomic mass is 16.5. The average molecular weight is 299 g/mol. The number of hydrogen-bond donors (Lipinski definition) is 1. The molecule has 2 aliphatic rings. The van der Waals surface area contributed by atoms with Crippen molar-refractivity contribution >= 4 is 17.7 Å². The maximum atomic E-state index is 12.0. The summed E-state index contributed by atoms with van der Waals surface area (Å²) >= 11 is 0. The Hall–Kier alpha value is -1.77. The van der Waals surface area contributed by atoms with E-state index in [4.69, 9.17) is 10.5 Å². The smallest absolute Gasteiger partial charge is 0.309 e. The highest BCUT2D eigenvalue weighted by molar-refractivity contribution is 5.77. The number of fused-ring (bicyclic) bond motifs is 1. The van der Waals surface area contributed by atoms with Crippen LogP contribution in [0.15, 0.2) is 11.6 Å². The predicted molar refractivity (Wildman–Crippen MR) is 89.5 cm³/mol. The van der Waals surface area contributed by atoms with Crippen LogP contribution in [0.5, 0.6) is 0 Å². The molecule has 1 unspecified atom stereocenters. The van der Waals surface area contributed by atoms with E-state index >= 15 is 0 Å². The lowest BCUT2D eigenvalue weighted by molar-refractivity contribution is -0.147. The molecule has 118 valence electrons. The van der Waals surface area contributed by atoms with Crippen LogP contribution in [0.4, 0.5) is 5.69 Å². The molecule has 0 heterocycles. The molecule has 3 rings (SSSR count). The minimum absolute atomic E-state index is 0.0446. The number of carbonyl (C=O) groups is 1. The third kappa shape index (κ3) is 2.77. The van der Waals surface area contributed by atoms with Gasteiger partial charge in [0.15, 0.2) is 0 Å². The second-order valence-electron chi connectivity index (χ2n) is 6.66. The lowest BCUT2D eigenvalue weighted by atomic mass is 9.95. The number of rotatable bonds is 4. The van der Waals surface area contributed by atoms with Crippen LogP contribution < -0.4 is 5.73 Å². The number of esters is 1. The van der Waals surface area contributed by atoms with Gasteiger partial charge in [0, 0.05) is 11.3 Å². The van der Waals surface area contributed by atoms with Gasteiger partial charge in [0.25, 0.3) is 0 Å². The summed E-state index contributed by atoms with van der Waals surface area (Å²) in [6.45, 7) is 6.63. The van der Waals surface area contributed by atoms with E-state index < -0.39 is 0 Å². The average Bonchev–Trinajstić information content (AvgIpc) is 3.24. The second kappa shape index (κ2) is 5.79. The third-order valence-electron chi connectivity index (χ3n) is 5.02.